The first-order valence-electron chi connectivity index (χ1n) is 25.7. The SMILES string of the molecule is CCCCCCCCC=CCCCCCCCCCCCCCCCCCCCCCCCCOC(=O)CC(OC(=O)CCCCCCCCCCCCC)C(=O)O. The Balaban J connectivity index is 3.43. The van der Waals surface area contributed by atoms with E-state index in [1.165, 1.54) is 225 Å². The first kappa shape index (κ1) is 56.1. The molecule has 0 bridgehead atoms. The minimum absolute atomic E-state index is 0.189. The van der Waals surface area contributed by atoms with Crippen LogP contribution in [0.4, 0.5) is 0 Å². The minimum atomic E-state index is -1.47. The summed E-state index contributed by atoms with van der Waals surface area (Å²) in [5, 5.41) is 9.44. The molecule has 6 nitrogen and oxygen atoms in total. The Hall–Kier alpha value is -1.85. The van der Waals surface area contributed by atoms with Gasteiger partial charge in [-0.25, -0.2) is 4.79 Å². The van der Waals surface area contributed by atoms with Crippen molar-refractivity contribution in [2.45, 2.75) is 296 Å². The fourth-order valence-corrected chi connectivity index (χ4v) is 7.90. The van der Waals surface area contributed by atoms with Gasteiger partial charge in [0.15, 0.2) is 0 Å². The predicted molar refractivity (Wildman–Crippen MR) is 247 cm³/mol. The zero-order valence-electron chi connectivity index (χ0n) is 38.8. The third kappa shape index (κ3) is 45.2. The molecule has 1 unspecified atom stereocenters. The van der Waals surface area contributed by atoms with Crippen LogP contribution in [-0.4, -0.2) is 35.7 Å². The second-order valence-corrected chi connectivity index (χ2v) is 17.6. The van der Waals surface area contributed by atoms with Gasteiger partial charge in [0.05, 0.1) is 13.0 Å². The lowest BCUT2D eigenvalue weighted by Crippen LogP contribution is -2.30. The number of rotatable bonds is 48. The smallest absolute Gasteiger partial charge is 0.345 e. The molecule has 0 aromatic rings. The number of hydrogen-bond donors (Lipinski definition) is 1. The highest BCUT2D eigenvalue weighted by Gasteiger charge is 2.26. The summed E-state index contributed by atoms with van der Waals surface area (Å²) in [6, 6.07) is 0. The maximum absolute atomic E-state index is 12.2. The van der Waals surface area contributed by atoms with Gasteiger partial charge in [-0.15, -0.1) is 0 Å². The summed E-state index contributed by atoms with van der Waals surface area (Å²) in [5.41, 5.74) is 0. The zero-order chi connectivity index (χ0) is 42.3. The number of hydrogen-bond acceptors (Lipinski definition) is 5. The fourth-order valence-electron chi connectivity index (χ4n) is 7.90. The lowest BCUT2D eigenvalue weighted by atomic mass is 10.0. The Kier molecular flexibility index (Phi) is 46.3. The molecule has 0 saturated carbocycles. The maximum Gasteiger partial charge on any atom is 0.345 e. The van der Waals surface area contributed by atoms with E-state index in [0.717, 1.165) is 32.1 Å². The molecule has 0 amide bonds. The normalized spacial score (nSPS) is 12.0. The van der Waals surface area contributed by atoms with Gasteiger partial charge in [0.2, 0.25) is 6.10 Å². The van der Waals surface area contributed by atoms with Gasteiger partial charge in [-0.2, -0.15) is 0 Å². The largest absolute Gasteiger partial charge is 0.478 e. The summed E-state index contributed by atoms with van der Waals surface area (Å²) >= 11 is 0. The number of allylic oxidation sites excluding steroid dienone is 2. The molecule has 0 saturated heterocycles. The van der Waals surface area contributed by atoms with Crippen LogP contribution in [0.2, 0.25) is 0 Å². The number of ether oxygens (including phenoxy) is 2. The van der Waals surface area contributed by atoms with Crippen LogP contribution >= 0.6 is 0 Å². The molecular formula is C52H98O6. The van der Waals surface area contributed by atoms with Gasteiger partial charge in [0.25, 0.3) is 0 Å². The van der Waals surface area contributed by atoms with Crippen LogP contribution in [0.25, 0.3) is 0 Å². The third-order valence-corrected chi connectivity index (χ3v) is 11.8. The van der Waals surface area contributed by atoms with E-state index < -0.39 is 30.4 Å². The Labute approximate surface area is 360 Å². The molecule has 0 fully saturated rings. The first-order valence-corrected chi connectivity index (χ1v) is 25.7. The standard InChI is InChI=1S/C52H98O6/c1-3-5-7-9-11-13-15-16-17-18-19-20-21-22-23-24-25-26-27-28-29-30-31-32-33-34-35-37-39-41-43-45-47-57-51(54)48-49(52(55)56)58-50(53)46-44-42-40-38-36-14-12-10-8-6-4-2/h16-17,49H,3-15,18-48H2,1-2H3,(H,55,56). The van der Waals surface area contributed by atoms with Crippen LogP contribution < -0.4 is 0 Å². The van der Waals surface area contributed by atoms with Gasteiger partial charge in [-0.3, -0.25) is 9.59 Å². The minimum Gasteiger partial charge on any atom is -0.478 e. The second kappa shape index (κ2) is 47.8. The number of esters is 2. The van der Waals surface area contributed by atoms with Crippen LogP contribution in [0.3, 0.4) is 0 Å². The Morgan fingerprint density at radius 2 is 0.690 bits per heavy atom. The van der Waals surface area contributed by atoms with E-state index in [2.05, 4.69) is 26.0 Å². The van der Waals surface area contributed by atoms with Crippen molar-refractivity contribution < 1.29 is 29.0 Å². The van der Waals surface area contributed by atoms with Crippen molar-refractivity contribution in [2.24, 2.45) is 0 Å². The van der Waals surface area contributed by atoms with Gasteiger partial charge < -0.3 is 14.6 Å². The molecule has 0 rings (SSSR count). The van der Waals surface area contributed by atoms with Gasteiger partial charge in [0.1, 0.15) is 0 Å². The lowest BCUT2D eigenvalue weighted by molar-refractivity contribution is -0.168. The van der Waals surface area contributed by atoms with Gasteiger partial charge >= 0.3 is 17.9 Å². The Morgan fingerprint density at radius 3 is 1.02 bits per heavy atom. The van der Waals surface area contributed by atoms with E-state index in [9.17, 15) is 19.5 Å². The second-order valence-electron chi connectivity index (χ2n) is 17.6. The molecule has 0 radical (unpaired) electrons. The molecule has 58 heavy (non-hydrogen) atoms. The lowest BCUT2D eigenvalue weighted by Gasteiger charge is -2.13. The van der Waals surface area contributed by atoms with Crippen LogP contribution in [0.1, 0.15) is 290 Å². The fraction of sp³-hybridized carbons (Fsp3) is 0.904. The summed E-state index contributed by atoms with van der Waals surface area (Å²) in [4.78, 5) is 35.9. The molecule has 0 aliphatic heterocycles. The molecule has 6 heteroatoms. The van der Waals surface area contributed by atoms with E-state index in [0.29, 0.717) is 6.42 Å². The molecule has 0 aliphatic carbocycles. The van der Waals surface area contributed by atoms with Crippen molar-refractivity contribution in [2.75, 3.05) is 6.61 Å². The van der Waals surface area contributed by atoms with Crippen molar-refractivity contribution >= 4 is 17.9 Å². The summed E-state index contributed by atoms with van der Waals surface area (Å²) in [5.74, 6) is -2.47. The highest BCUT2D eigenvalue weighted by molar-refractivity contribution is 5.83. The van der Waals surface area contributed by atoms with Crippen LogP contribution in [0.5, 0.6) is 0 Å². The molecule has 0 aromatic heterocycles. The van der Waals surface area contributed by atoms with Crippen molar-refractivity contribution in [3.05, 3.63) is 12.2 Å². The summed E-state index contributed by atoms with van der Waals surface area (Å²) in [6.45, 7) is 4.81. The number of carbonyl (C=O) groups excluding carboxylic acids is 2. The van der Waals surface area contributed by atoms with E-state index >= 15 is 0 Å². The Bertz CT molecular complexity index is 900. The highest BCUT2D eigenvalue weighted by atomic mass is 16.6. The topological polar surface area (TPSA) is 89.9 Å². The molecule has 0 heterocycles. The van der Waals surface area contributed by atoms with Crippen molar-refractivity contribution in [1.82, 2.24) is 0 Å². The van der Waals surface area contributed by atoms with E-state index in [4.69, 9.17) is 9.47 Å². The molecular weight excluding hydrogens is 721 g/mol. The van der Waals surface area contributed by atoms with Gasteiger partial charge in [-0.05, 0) is 38.5 Å². The van der Waals surface area contributed by atoms with Crippen LogP contribution in [0.15, 0.2) is 12.2 Å². The van der Waals surface area contributed by atoms with E-state index in [1.807, 2.05) is 0 Å². The van der Waals surface area contributed by atoms with Crippen molar-refractivity contribution in [3.63, 3.8) is 0 Å². The molecule has 1 atom stereocenters. The number of aliphatic carboxylic acids is 1. The average molecular weight is 819 g/mol. The molecule has 0 aromatic carbocycles. The van der Waals surface area contributed by atoms with E-state index in [-0.39, 0.29) is 13.0 Å². The summed E-state index contributed by atoms with van der Waals surface area (Å²) in [7, 11) is 0. The van der Waals surface area contributed by atoms with Crippen LogP contribution in [-0.2, 0) is 23.9 Å². The third-order valence-electron chi connectivity index (χ3n) is 11.8. The molecule has 342 valence electrons. The molecule has 0 aliphatic rings. The maximum atomic E-state index is 12.2. The highest BCUT2D eigenvalue weighted by Crippen LogP contribution is 2.17. The quantitative estimate of drug-likeness (QED) is 0.0374. The number of carboxylic acid groups (broad SMARTS) is 1. The van der Waals surface area contributed by atoms with Gasteiger partial charge in [0, 0.05) is 6.42 Å². The molecule has 1 N–H and O–H groups in total. The number of carbonyl (C=O) groups is 3. The van der Waals surface area contributed by atoms with Crippen LogP contribution in [0, 0.1) is 0 Å². The molecule has 0 spiro atoms. The monoisotopic (exact) mass is 819 g/mol. The Morgan fingerprint density at radius 1 is 0.397 bits per heavy atom. The zero-order valence-corrected chi connectivity index (χ0v) is 38.8. The van der Waals surface area contributed by atoms with Crippen molar-refractivity contribution in [3.8, 4) is 0 Å². The van der Waals surface area contributed by atoms with Crippen molar-refractivity contribution in [1.29, 1.82) is 0 Å². The number of unbranched alkanes of at least 4 members (excludes halogenated alkanes) is 38. The van der Waals surface area contributed by atoms with E-state index in [1.54, 1.807) is 0 Å². The average Bonchev–Trinajstić information content (AvgIpc) is 3.21. The summed E-state index contributed by atoms with van der Waals surface area (Å²) in [6.07, 6.45) is 56.3. The van der Waals surface area contributed by atoms with Gasteiger partial charge in [-0.1, -0.05) is 251 Å². The predicted octanol–water partition coefficient (Wildman–Crippen LogP) is 16.9. The number of carboxylic acids is 1. The summed E-state index contributed by atoms with van der Waals surface area (Å²) < 4.78 is 10.4. The first-order chi connectivity index (χ1) is 28.5.